The molecule has 0 bridgehead atoms. The number of hydrogen-bond donors (Lipinski definition) is 1. The Labute approximate surface area is 116 Å². The van der Waals surface area contributed by atoms with Gasteiger partial charge in [0.25, 0.3) is 6.01 Å². The van der Waals surface area contributed by atoms with Crippen LogP contribution in [0.1, 0.15) is 12.7 Å². The number of hydrogen-bond acceptors (Lipinski definition) is 7. The van der Waals surface area contributed by atoms with Crippen LogP contribution in [-0.4, -0.2) is 36.6 Å². The highest BCUT2D eigenvalue weighted by Crippen LogP contribution is 2.04. The summed E-state index contributed by atoms with van der Waals surface area (Å²) in [5.41, 5.74) is 7.62. The zero-order valence-electron chi connectivity index (χ0n) is 11.2. The zero-order chi connectivity index (χ0) is 15.1. The quantitative estimate of drug-likeness (QED) is 0.301. The van der Waals surface area contributed by atoms with Gasteiger partial charge in [0, 0.05) is 19.0 Å². The van der Waals surface area contributed by atoms with E-state index in [0.29, 0.717) is 6.01 Å². The Balaban J connectivity index is 0. The molecular formula is C10H16N6O2S. The number of carbonyl (C=O) groups excluding carboxylic acids is 1. The third-order valence-corrected chi connectivity index (χ3v) is 1.47. The van der Waals surface area contributed by atoms with Crippen molar-refractivity contribution >= 4 is 29.2 Å². The number of aromatic nitrogens is 1. The number of nitrogens with one attached hydrogen (secondary N) is 1. The van der Waals surface area contributed by atoms with Crippen molar-refractivity contribution < 1.29 is 9.21 Å². The molecule has 8 nitrogen and oxygen atoms in total. The van der Waals surface area contributed by atoms with E-state index in [1.54, 1.807) is 20.3 Å². The summed E-state index contributed by atoms with van der Waals surface area (Å²) in [5, 5.41) is 7.91. The lowest BCUT2D eigenvalue weighted by Gasteiger charge is -1.85. The number of nitrogens with zero attached hydrogens (tertiary/aromatic N) is 5. The number of rotatable bonds is 3. The highest BCUT2D eigenvalue weighted by molar-refractivity contribution is 7.78. The molecule has 1 heterocycles. The summed E-state index contributed by atoms with van der Waals surface area (Å²) in [4.78, 5) is 19.5. The standard InChI is InChI=1S/C5H8N2O.C3H5N3O.C2H3NS/c1-4-3-7-5(6-2)8-4;1-3(7)2-5-6-4;1-3-2-4/h3H,1-2H3,(H,6,7);2H2,1H3;1H3. The van der Waals surface area contributed by atoms with E-state index in [-0.39, 0.29) is 12.3 Å². The fourth-order valence-corrected chi connectivity index (χ4v) is 0.602. The maximum absolute atomic E-state index is 9.94. The summed E-state index contributed by atoms with van der Waals surface area (Å²) in [5.74, 6) is 0.715. The number of carbonyl (C=O) groups is 1. The number of azide groups is 1. The average molecular weight is 284 g/mol. The molecule has 0 unspecified atom stereocenters. The van der Waals surface area contributed by atoms with Crippen molar-refractivity contribution in [1.82, 2.24) is 4.98 Å². The fourth-order valence-electron chi connectivity index (χ4n) is 0.602. The van der Waals surface area contributed by atoms with E-state index in [9.17, 15) is 4.79 Å². The minimum atomic E-state index is -0.113. The molecule has 0 saturated carbocycles. The molecule has 0 spiro atoms. The van der Waals surface area contributed by atoms with Crippen LogP contribution < -0.4 is 5.32 Å². The lowest BCUT2D eigenvalue weighted by Crippen LogP contribution is -1.91. The van der Waals surface area contributed by atoms with E-state index in [2.05, 4.69) is 42.7 Å². The molecule has 1 aromatic heterocycles. The van der Waals surface area contributed by atoms with Crippen LogP contribution in [0.25, 0.3) is 10.4 Å². The predicted octanol–water partition coefficient (Wildman–Crippen LogP) is 2.63. The molecule has 0 aliphatic heterocycles. The van der Waals surface area contributed by atoms with Crippen LogP contribution >= 0.6 is 12.2 Å². The molecule has 0 aliphatic rings. The first-order chi connectivity index (χ1) is 9.01. The number of aryl methyl sites for hydroxylation is 1. The van der Waals surface area contributed by atoms with E-state index in [4.69, 9.17) is 9.95 Å². The third-order valence-electron chi connectivity index (χ3n) is 1.28. The molecule has 1 rings (SSSR count). The van der Waals surface area contributed by atoms with Crippen LogP contribution in [0.5, 0.6) is 0 Å². The van der Waals surface area contributed by atoms with Crippen molar-refractivity contribution in [3.05, 3.63) is 22.4 Å². The van der Waals surface area contributed by atoms with Crippen LogP contribution in [0.4, 0.5) is 6.01 Å². The summed E-state index contributed by atoms with van der Waals surface area (Å²) < 4.78 is 5.01. The molecule has 0 aromatic carbocycles. The second kappa shape index (κ2) is 13.9. The van der Waals surface area contributed by atoms with E-state index >= 15 is 0 Å². The monoisotopic (exact) mass is 284 g/mol. The molecule has 0 amide bonds. The smallest absolute Gasteiger partial charge is 0.294 e. The summed E-state index contributed by atoms with van der Waals surface area (Å²) in [6, 6.07) is 0.572. The molecule has 1 aromatic rings. The molecule has 0 radical (unpaired) electrons. The fraction of sp³-hybridized carbons (Fsp3) is 0.500. The van der Waals surface area contributed by atoms with E-state index in [0.717, 1.165) is 5.76 Å². The Morgan fingerprint density at radius 3 is 2.47 bits per heavy atom. The maximum atomic E-state index is 9.94. The number of isothiocyanates is 1. The van der Waals surface area contributed by atoms with Crippen LogP contribution in [0.3, 0.4) is 0 Å². The first-order valence-electron chi connectivity index (χ1n) is 5.08. The lowest BCUT2D eigenvalue weighted by molar-refractivity contribution is -0.115. The predicted molar refractivity (Wildman–Crippen MR) is 76.4 cm³/mol. The van der Waals surface area contributed by atoms with Crippen molar-refractivity contribution in [2.75, 3.05) is 26.0 Å². The maximum Gasteiger partial charge on any atom is 0.294 e. The van der Waals surface area contributed by atoms with E-state index in [1.807, 2.05) is 6.92 Å². The second-order valence-electron chi connectivity index (χ2n) is 2.93. The van der Waals surface area contributed by atoms with Gasteiger partial charge in [-0.05, 0) is 31.6 Å². The zero-order valence-corrected chi connectivity index (χ0v) is 12.1. The molecule has 9 heteroatoms. The normalized spacial score (nSPS) is 7.37. The molecule has 104 valence electrons. The van der Waals surface area contributed by atoms with Gasteiger partial charge in [-0.1, -0.05) is 5.11 Å². The van der Waals surface area contributed by atoms with Crippen LogP contribution in [-0.2, 0) is 4.79 Å². The highest BCUT2D eigenvalue weighted by atomic mass is 32.1. The number of anilines is 1. The van der Waals surface area contributed by atoms with Crippen molar-refractivity contribution in [2.45, 2.75) is 13.8 Å². The summed E-state index contributed by atoms with van der Waals surface area (Å²) in [7, 11) is 3.36. The third kappa shape index (κ3) is 15.8. The van der Waals surface area contributed by atoms with Crippen LogP contribution in [0.2, 0.25) is 0 Å². The number of ketones is 1. The molecule has 0 saturated heterocycles. The van der Waals surface area contributed by atoms with Crippen LogP contribution in [0, 0.1) is 6.92 Å². The van der Waals surface area contributed by atoms with Gasteiger partial charge in [-0.15, -0.1) is 0 Å². The summed E-state index contributed by atoms with van der Waals surface area (Å²) in [6.07, 6.45) is 1.67. The van der Waals surface area contributed by atoms with Gasteiger partial charge < -0.3 is 9.73 Å². The van der Waals surface area contributed by atoms with Gasteiger partial charge in [0.05, 0.1) is 17.9 Å². The Morgan fingerprint density at radius 1 is 1.74 bits per heavy atom. The molecule has 0 atom stereocenters. The van der Waals surface area contributed by atoms with Gasteiger partial charge in [0.2, 0.25) is 0 Å². The topological polar surface area (TPSA) is 116 Å². The van der Waals surface area contributed by atoms with E-state index < -0.39 is 0 Å². The lowest BCUT2D eigenvalue weighted by atomic mass is 10.5. The first-order valence-corrected chi connectivity index (χ1v) is 5.49. The van der Waals surface area contributed by atoms with Gasteiger partial charge in [-0.3, -0.25) is 4.79 Å². The minimum absolute atomic E-state index is 0.0313. The SMILES string of the molecule is CC(=O)CN=[N+]=[N-].CN=C=S.CNc1ncc(C)o1. The van der Waals surface area contributed by atoms with Gasteiger partial charge >= 0.3 is 0 Å². The number of aliphatic imine (C=N–C) groups is 1. The average Bonchev–Trinajstić information content (AvgIpc) is 2.83. The van der Waals surface area contributed by atoms with Crippen molar-refractivity contribution in [2.24, 2.45) is 10.1 Å². The van der Waals surface area contributed by atoms with Crippen molar-refractivity contribution in [3.8, 4) is 0 Å². The van der Waals surface area contributed by atoms with Gasteiger partial charge in [-0.2, -0.15) is 0 Å². The molecule has 0 fully saturated rings. The highest BCUT2D eigenvalue weighted by Gasteiger charge is 1.92. The molecule has 19 heavy (non-hydrogen) atoms. The summed E-state index contributed by atoms with van der Waals surface area (Å²) in [6.45, 7) is 3.19. The second-order valence-corrected chi connectivity index (χ2v) is 3.11. The van der Waals surface area contributed by atoms with Gasteiger partial charge in [0.1, 0.15) is 11.5 Å². The first kappa shape index (κ1) is 19.1. The Bertz CT molecular complexity index is 460. The minimum Gasteiger partial charge on any atom is -0.429 e. The molecule has 1 N–H and O–H groups in total. The Hall–Kier alpha value is -2.21. The Morgan fingerprint density at radius 2 is 2.32 bits per heavy atom. The van der Waals surface area contributed by atoms with Gasteiger partial charge in [0.15, 0.2) is 0 Å². The molecular weight excluding hydrogens is 268 g/mol. The number of oxazole rings is 1. The van der Waals surface area contributed by atoms with Gasteiger partial charge in [-0.25, -0.2) is 9.98 Å². The molecule has 0 aliphatic carbocycles. The van der Waals surface area contributed by atoms with Crippen LogP contribution in [0.15, 0.2) is 20.7 Å². The van der Waals surface area contributed by atoms with E-state index in [1.165, 1.54) is 6.92 Å². The number of thiocarbonyl (C=S) groups is 1. The Kier molecular flexibility index (Phi) is 14.0. The van der Waals surface area contributed by atoms with Crippen molar-refractivity contribution in [3.63, 3.8) is 0 Å². The van der Waals surface area contributed by atoms with Crippen molar-refractivity contribution in [1.29, 1.82) is 0 Å². The number of Topliss-reactive ketones (excluding diaryl/α,β-unsaturated/α-hetero) is 1. The largest absolute Gasteiger partial charge is 0.429 e. The summed E-state index contributed by atoms with van der Waals surface area (Å²) >= 11 is 4.14.